The molecule has 1 unspecified atom stereocenters. The summed E-state index contributed by atoms with van der Waals surface area (Å²) >= 11 is 0. The number of benzene rings is 1. The second-order valence-electron chi connectivity index (χ2n) is 4.78. The summed E-state index contributed by atoms with van der Waals surface area (Å²) in [5.74, 6) is -0.107. The topological polar surface area (TPSA) is 56.1 Å². The highest BCUT2D eigenvalue weighted by Crippen LogP contribution is 2.09. The van der Waals surface area contributed by atoms with Crippen molar-refractivity contribution in [2.24, 2.45) is 5.92 Å². The van der Waals surface area contributed by atoms with Crippen LogP contribution < -0.4 is 5.32 Å². The Morgan fingerprint density at radius 1 is 1.53 bits per heavy atom. The van der Waals surface area contributed by atoms with E-state index in [-0.39, 0.29) is 11.8 Å². The minimum Gasteiger partial charge on any atom is -0.325 e. The van der Waals surface area contributed by atoms with Crippen molar-refractivity contribution in [2.45, 2.75) is 20.8 Å². The van der Waals surface area contributed by atoms with Crippen LogP contribution in [0, 0.1) is 24.2 Å². The molecule has 0 radical (unpaired) electrons. The number of nitrogens with one attached hydrogen (secondary N) is 1. The summed E-state index contributed by atoms with van der Waals surface area (Å²) in [6.45, 7) is 7.53. The number of nitrogens with zero attached hydrogens (tertiary/aromatic N) is 2. The van der Waals surface area contributed by atoms with E-state index >= 15 is 0 Å². The molecule has 4 heteroatoms. The zero-order valence-corrected chi connectivity index (χ0v) is 11.8. The normalized spacial score (nSPS) is 11.9. The SMILES string of the molecule is CCN(CC(=O)Nc1cccc(C)c1)CC(C)C#N. The van der Waals surface area contributed by atoms with Gasteiger partial charge in [0.15, 0.2) is 0 Å². The van der Waals surface area contributed by atoms with Crippen LogP contribution in [0.15, 0.2) is 24.3 Å². The van der Waals surface area contributed by atoms with Gasteiger partial charge in [0.25, 0.3) is 0 Å². The van der Waals surface area contributed by atoms with Gasteiger partial charge >= 0.3 is 0 Å². The number of carbonyl (C=O) groups is 1. The van der Waals surface area contributed by atoms with Gasteiger partial charge in [0.1, 0.15) is 0 Å². The molecular formula is C15H21N3O. The summed E-state index contributed by atoms with van der Waals surface area (Å²) in [7, 11) is 0. The summed E-state index contributed by atoms with van der Waals surface area (Å²) in [6.07, 6.45) is 0. The van der Waals surface area contributed by atoms with E-state index in [0.29, 0.717) is 13.1 Å². The minimum atomic E-state index is -0.0632. The Kier molecular flexibility index (Phi) is 6.04. The Balaban J connectivity index is 2.52. The van der Waals surface area contributed by atoms with E-state index in [1.165, 1.54) is 0 Å². The summed E-state index contributed by atoms with van der Waals surface area (Å²) < 4.78 is 0. The van der Waals surface area contributed by atoms with Gasteiger partial charge < -0.3 is 5.32 Å². The first kappa shape index (κ1) is 15.2. The lowest BCUT2D eigenvalue weighted by molar-refractivity contribution is -0.117. The average molecular weight is 259 g/mol. The van der Waals surface area contributed by atoms with Gasteiger partial charge in [-0.05, 0) is 38.1 Å². The number of hydrogen-bond donors (Lipinski definition) is 1. The van der Waals surface area contributed by atoms with Crippen molar-refractivity contribution in [2.75, 3.05) is 25.0 Å². The lowest BCUT2D eigenvalue weighted by Crippen LogP contribution is -2.35. The van der Waals surface area contributed by atoms with Crippen molar-refractivity contribution < 1.29 is 4.79 Å². The van der Waals surface area contributed by atoms with Crippen molar-refractivity contribution in [3.8, 4) is 6.07 Å². The zero-order chi connectivity index (χ0) is 14.3. The summed E-state index contributed by atoms with van der Waals surface area (Å²) in [6, 6.07) is 9.90. The van der Waals surface area contributed by atoms with E-state index in [9.17, 15) is 4.79 Å². The van der Waals surface area contributed by atoms with E-state index in [2.05, 4.69) is 11.4 Å². The Morgan fingerprint density at radius 2 is 2.26 bits per heavy atom. The predicted octanol–water partition coefficient (Wildman–Crippen LogP) is 2.42. The standard InChI is InChI=1S/C15H21N3O/c1-4-18(10-13(3)9-16)11-15(19)17-14-7-5-6-12(2)8-14/h5-8,13H,4,10-11H2,1-3H3,(H,17,19). The molecule has 1 atom stereocenters. The molecule has 0 saturated carbocycles. The third-order valence-electron chi connectivity index (χ3n) is 2.87. The van der Waals surface area contributed by atoms with E-state index in [0.717, 1.165) is 17.8 Å². The van der Waals surface area contributed by atoms with Gasteiger partial charge in [-0.25, -0.2) is 0 Å². The van der Waals surface area contributed by atoms with E-state index in [4.69, 9.17) is 5.26 Å². The molecule has 1 rings (SSSR count). The molecule has 1 N–H and O–H groups in total. The van der Waals surface area contributed by atoms with Crippen molar-refractivity contribution in [3.63, 3.8) is 0 Å². The van der Waals surface area contributed by atoms with Gasteiger partial charge in [-0.15, -0.1) is 0 Å². The van der Waals surface area contributed by atoms with E-state index < -0.39 is 0 Å². The first-order valence-electron chi connectivity index (χ1n) is 6.53. The van der Waals surface area contributed by atoms with Crippen LogP contribution in [0.3, 0.4) is 0 Å². The summed E-state index contributed by atoms with van der Waals surface area (Å²) in [4.78, 5) is 13.9. The number of nitriles is 1. The zero-order valence-electron chi connectivity index (χ0n) is 11.8. The molecule has 0 aliphatic heterocycles. The van der Waals surface area contributed by atoms with Crippen molar-refractivity contribution in [1.29, 1.82) is 5.26 Å². The van der Waals surface area contributed by atoms with Crippen molar-refractivity contribution >= 4 is 11.6 Å². The van der Waals surface area contributed by atoms with Crippen LogP contribution in [-0.2, 0) is 4.79 Å². The van der Waals surface area contributed by atoms with Crippen LogP contribution >= 0.6 is 0 Å². The Labute approximate surface area is 115 Å². The third-order valence-corrected chi connectivity index (χ3v) is 2.87. The molecule has 0 heterocycles. The molecule has 0 fully saturated rings. The minimum absolute atomic E-state index is 0.0439. The van der Waals surface area contributed by atoms with Gasteiger partial charge in [0, 0.05) is 12.2 Å². The molecule has 19 heavy (non-hydrogen) atoms. The summed E-state index contributed by atoms with van der Waals surface area (Å²) in [5.41, 5.74) is 1.93. The van der Waals surface area contributed by atoms with Crippen molar-refractivity contribution in [3.05, 3.63) is 29.8 Å². The number of likely N-dealkylation sites (N-methyl/N-ethyl adjacent to an activating group) is 1. The summed E-state index contributed by atoms with van der Waals surface area (Å²) in [5, 5.41) is 11.7. The fourth-order valence-electron chi connectivity index (χ4n) is 1.86. The second-order valence-corrected chi connectivity index (χ2v) is 4.78. The molecule has 1 amide bonds. The van der Waals surface area contributed by atoms with E-state index in [1.807, 2.05) is 49.9 Å². The fraction of sp³-hybridized carbons (Fsp3) is 0.467. The monoisotopic (exact) mass is 259 g/mol. The molecule has 1 aromatic carbocycles. The number of carbonyl (C=O) groups excluding carboxylic acids is 1. The quantitative estimate of drug-likeness (QED) is 0.853. The van der Waals surface area contributed by atoms with Crippen LogP contribution in [0.1, 0.15) is 19.4 Å². The van der Waals surface area contributed by atoms with E-state index in [1.54, 1.807) is 0 Å². The number of hydrogen-bond acceptors (Lipinski definition) is 3. The molecule has 0 spiro atoms. The van der Waals surface area contributed by atoms with Gasteiger partial charge in [-0.2, -0.15) is 5.26 Å². The maximum atomic E-state index is 11.9. The third kappa shape index (κ3) is 5.54. The van der Waals surface area contributed by atoms with Gasteiger partial charge in [0.2, 0.25) is 5.91 Å². The molecule has 0 aromatic heterocycles. The molecule has 102 valence electrons. The molecule has 1 aromatic rings. The second kappa shape index (κ2) is 7.55. The molecule has 0 saturated heterocycles. The first-order chi connectivity index (χ1) is 9.05. The first-order valence-corrected chi connectivity index (χ1v) is 6.53. The highest BCUT2D eigenvalue weighted by Gasteiger charge is 2.12. The largest absolute Gasteiger partial charge is 0.325 e. The Morgan fingerprint density at radius 3 is 2.84 bits per heavy atom. The highest BCUT2D eigenvalue weighted by molar-refractivity contribution is 5.92. The molecule has 0 aliphatic carbocycles. The van der Waals surface area contributed by atoms with Crippen LogP contribution in [0.2, 0.25) is 0 Å². The smallest absolute Gasteiger partial charge is 0.238 e. The molecular weight excluding hydrogens is 238 g/mol. The molecule has 0 aliphatic rings. The number of rotatable bonds is 6. The molecule has 4 nitrogen and oxygen atoms in total. The van der Waals surface area contributed by atoms with Gasteiger partial charge in [0.05, 0.1) is 18.5 Å². The number of amides is 1. The number of aryl methyl sites for hydroxylation is 1. The highest BCUT2D eigenvalue weighted by atomic mass is 16.2. The predicted molar refractivity (Wildman–Crippen MR) is 76.7 cm³/mol. The van der Waals surface area contributed by atoms with Gasteiger partial charge in [-0.1, -0.05) is 19.1 Å². The lowest BCUT2D eigenvalue weighted by atomic mass is 10.2. The van der Waals surface area contributed by atoms with Gasteiger partial charge in [-0.3, -0.25) is 9.69 Å². The van der Waals surface area contributed by atoms with Crippen molar-refractivity contribution in [1.82, 2.24) is 4.90 Å². The number of anilines is 1. The maximum Gasteiger partial charge on any atom is 0.238 e. The Hall–Kier alpha value is -1.86. The fourth-order valence-corrected chi connectivity index (χ4v) is 1.86. The van der Waals surface area contributed by atoms with Crippen LogP contribution in [-0.4, -0.2) is 30.4 Å². The maximum absolute atomic E-state index is 11.9. The van der Waals surface area contributed by atoms with Crippen LogP contribution in [0.25, 0.3) is 0 Å². The Bertz CT molecular complexity index is 465. The van der Waals surface area contributed by atoms with Crippen LogP contribution in [0.4, 0.5) is 5.69 Å². The van der Waals surface area contributed by atoms with Crippen LogP contribution in [0.5, 0.6) is 0 Å². The lowest BCUT2D eigenvalue weighted by Gasteiger charge is -2.20. The molecule has 0 bridgehead atoms. The average Bonchev–Trinajstić information content (AvgIpc) is 2.37.